The fourth-order valence-corrected chi connectivity index (χ4v) is 1.80. The van der Waals surface area contributed by atoms with Crippen LogP contribution in [0.15, 0.2) is 30.3 Å². The molecule has 1 aromatic carbocycles. The van der Waals surface area contributed by atoms with Gasteiger partial charge < -0.3 is 10.1 Å². The molecule has 1 aromatic heterocycles. The highest BCUT2D eigenvalue weighted by Crippen LogP contribution is 2.23. The molecule has 1 heterocycles. The Labute approximate surface area is 119 Å². The molecule has 0 fully saturated rings. The minimum atomic E-state index is -0.554. The number of hydrogen-bond acceptors (Lipinski definition) is 4. The standard InChI is InChI=1S/C12H9Cl2N3O2/c1-15-12(18)19-8-4-2-3-7(5-8)11-16-9(13)6-10(14)17-11/h2-6H,1H3,(H,15,18). The molecule has 1 amide bonds. The number of nitrogens with zero attached hydrogens (tertiary/aromatic N) is 2. The number of rotatable bonds is 2. The Kier molecular flexibility index (Phi) is 4.19. The second-order valence-electron chi connectivity index (χ2n) is 3.50. The summed E-state index contributed by atoms with van der Waals surface area (Å²) in [6.07, 6.45) is -0.554. The first-order valence-corrected chi connectivity index (χ1v) is 6.04. The van der Waals surface area contributed by atoms with E-state index in [2.05, 4.69) is 15.3 Å². The summed E-state index contributed by atoms with van der Waals surface area (Å²) in [6.45, 7) is 0. The van der Waals surface area contributed by atoms with Gasteiger partial charge in [0.1, 0.15) is 16.1 Å². The van der Waals surface area contributed by atoms with Gasteiger partial charge in [0.05, 0.1) is 0 Å². The summed E-state index contributed by atoms with van der Waals surface area (Å²) in [7, 11) is 1.48. The van der Waals surface area contributed by atoms with Crippen LogP contribution in [0.25, 0.3) is 11.4 Å². The SMILES string of the molecule is CNC(=O)Oc1cccc(-c2nc(Cl)cc(Cl)n2)c1. The maximum absolute atomic E-state index is 11.1. The summed E-state index contributed by atoms with van der Waals surface area (Å²) in [5.41, 5.74) is 0.644. The molecule has 0 aliphatic heterocycles. The summed E-state index contributed by atoms with van der Waals surface area (Å²) in [4.78, 5) is 19.2. The van der Waals surface area contributed by atoms with E-state index in [1.54, 1.807) is 24.3 Å². The topological polar surface area (TPSA) is 64.1 Å². The van der Waals surface area contributed by atoms with Crippen molar-refractivity contribution in [2.75, 3.05) is 7.05 Å². The average Bonchev–Trinajstić information content (AvgIpc) is 2.38. The monoisotopic (exact) mass is 297 g/mol. The van der Waals surface area contributed by atoms with Crippen LogP contribution in [-0.2, 0) is 0 Å². The summed E-state index contributed by atoms with van der Waals surface area (Å²) >= 11 is 11.6. The zero-order chi connectivity index (χ0) is 13.8. The molecule has 0 unspecified atom stereocenters. The van der Waals surface area contributed by atoms with E-state index in [1.165, 1.54) is 13.1 Å². The minimum Gasteiger partial charge on any atom is -0.410 e. The number of benzene rings is 1. The normalized spacial score (nSPS) is 10.1. The van der Waals surface area contributed by atoms with Crippen LogP contribution in [0.4, 0.5) is 4.79 Å². The molecule has 1 N–H and O–H groups in total. The van der Waals surface area contributed by atoms with Gasteiger partial charge in [-0.3, -0.25) is 0 Å². The van der Waals surface area contributed by atoms with Crippen LogP contribution in [-0.4, -0.2) is 23.1 Å². The van der Waals surface area contributed by atoms with Gasteiger partial charge in [-0.15, -0.1) is 0 Å². The molecule has 2 rings (SSSR count). The highest BCUT2D eigenvalue weighted by atomic mass is 35.5. The van der Waals surface area contributed by atoms with Crippen molar-refractivity contribution >= 4 is 29.3 Å². The molecule has 0 aliphatic carbocycles. The van der Waals surface area contributed by atoms with Gasteiger partial charge in [0.25, 0.3) is 0 Å². The molecule has 98 valence electrons. The van der Waals surface area contributed by atoms with E-state index < -0.39 is 6.09 Å². The van der Waals surface area contributed by atoms with Gasteiger partial charge in [0.2, 0.25) is 0 Å². The highest BCUT2D eigenvalue weighted by molar-refractivity contribution is 6.33. The Morgan fingerprint density at radius 2 is 1.89 bits per heavy atom. The fourth-order valence-electron chi connectivity index (χ4n) is 1.38. The van der Waals surface area contributed by atoms with Gasteiger partial charge in [0, 0.05) is 18.7 Å². The quantitative estimate of drug-likeness (QED) is 0.865. The van der Waals surface area contributed by atoms with Gasteiger partial charge in [0.15, 0.2) is 5.82 Å². The summed E-state index contributed by atoms with van der Waals surface area (Å²) in [5, 5.41) is 2.84. The first-order chi connectivity index (χ1) is 9.08. The molecular weight excluding hydrogens is 289 g/mol. The molecule has 0 bridgehead atoms. The van der Waals surface area contributed by atoms with E-state index in [0.717, 1.165) is 0 Å². The summed E-state index contributed by atoms with van der Waals surface area (Å²) < 4.78 is 5.01. The molecule has 0 spiro atoms. The van der Waals surface area contributed by atoms with Crippen LogP contribution in [0.2, 0.25) is 10.3 Å². The fraction of sp³-hybridized carbons (Fsp3) is 0.0833. The molecule has 0 saturated heterocycles. The third-order valence-electron chi connectivity index (χ3n) is 2.17. The number of carbonyl (C=O) groups excluding carboxylic acids is 1. The van der Waals surface area contributed by atoms with Gasteiger partial charge >= 0.3 is 6.09 Å². The van der Waals surface area contributed by atoms with Crippen molar-refractivity contribution in [3.8, 4) is 17.1 Å². The van der Waals surface area contributed by atoms with Gasteiger partial charge in [-0.2, -0.15) is 0 Å². The van der Waals surface area contributed by atoms with E-state index in [4.69, 9.17) is 27.9 Å². The second-order valence-corrected chi connectivity index (χ2v) is 4.28. The molecule has 2 aromatic rings. The number of hydrogen-bond donors (Lipinski definition) is 1. The number of amides is 1. The van der Waals surface area contributed by atoms with Gasteiger partial charge in [-0.1, -0.05) is 35.3 Å². The molecular formula is C12H9Cl2N3O2. The van der Waals surface area contributed by atoms with Crippen molar-refractivity contribution in [1.82, 2.24) is 15.3 Å². The molecule has 5 nitrogen and oxygen atoms in total. The lowest BCUT2D eigenvalue weighted by Crippen LogP contribution is -2.21. The Bertz CT molecular complexity index is 599. The zero-order valence-electron chi connectivity index (χ0n) is 9.85. The maximum atomic E-state index is 11.1. The lowest BCUT2D eigenvalue weighted by molar-refractivity contribution is 0.203. The molecule has 7 heteroatoms. The molecule has 0 atom stereocenters. The van der Waals surface area contributed by atoms with Crippen LogP contribution < -0.4 is 10.1 Å². The molecule has 0 saturated carbocycles. The van der Waals surface area contributed by atoms with E-state index in [-0.39, 0.29) is 10.3 Å². The van der Waals surface area contributed by atoms with Gasteiger partial charge in [-0.25, -0.2) is 14.8 Å². The lowest BCUT2D eigenvalue weighted by Gasteiger charge is -2.05. The Balaban J connectivity index is 2.34. The van der Waals surface area contributed by atoms with E-state index in [9.17, 15) is 4.79 Å². The average molecular weight is 298 g/mol. The third kappa shape index (κ3) is 3.56. The van der Waals surface area contributed by atoms with Crippen molar-refractivity contribution in [2.24, 2.45) is 0 Å². The smallest absolute Gasteiger partial charge is 0.410 e. The van der Waals surface area contributed by atoms with Crippen molar-refractivity contribution in [2.45, 2.75) is 0 Å². The molecule has 0 radical (unpaired) electrons. The third-order valence-corrected chi connectivity index (χ3v) is 2.56. The predicted octanol–water partition coefficient (Wildman–Crippen LogP) is 3.17. The van der Waals surface area contributed by atoms with Crippen LogP contribution in [0, 0.1) is 0 Å². The largest absolute Gasteiger partial charge is 0.412 e. The van der Waals surface area contributed by atoms with E-state index >= 15 is 0 Å². The Hall–Kier alpha value is -1.85. The number of halogens is 2. The van der Waals surface area contributed by atoms with Crippen molar-refractivity contribution in [3.63, 3.8) is 0 Å². The second kappa shape index (κ2) is 5.86. The number of nitrogens with one attached hydrogen (secondary N) is 1. The Morgan fingerprint density at radius 3 is 2.53 bits per heavy atom. The number of carbonyl (C=O) groups is 1. The Morgan fingerprint density at radius 1 is 1.21 bits per heavy atom. The van der Waals surface area contributed by atoms with Crippen molar-refractivity contribution in [3.05, 3.63) is 40.6 Å². The predicted molar refractivity (Wildman–Crippen MR) is 72.6 cm³/mol. The molecule has 0 aliphatic rings. The zero-order valence-corrected chi connectivity index (χ0v) is 11.4. The lowest BCUT2D eigenvalue weighted by atomic mass is 10.2. The summed E-state index contributed by atoms with van der Waals surface area (Å²) in [6, 6.07) is 8.18. The van der Waals surface area contributed by atoms with E-state index in [1.807, 2.05) is 0 Å². The maximum Gasteiger partial charge on any atom is 0.412 e. The highest BCUT2D eigenvalue weighted by Gasteiger charge is 2.07. The minimum absolute atomic E-state index is 0.243. The van der Waals surface area contributed by atoms with Crippen molar-refractivity contribution < 1.29 is 9.53 Å². The first kappa shape index (κ1) is 13.6. The number of ether oxygens (including phenoxy) is 1. The van der Waals surface area contributed by atoms with Crippen LogP contribution in [0.3, 0.4) is 0 Å². The van der Waals surface area contributed by atoms with E-state index in [0.29, 0.717) is 17.1 Å². The number of aromatic nitrogens is 2. The van der Waals surface area contributed by atoms with Crippen LogP contribution >= 0.6 is 23.2 Å². The van der Waals surface area contributed by atoms with Crippen LogP contribution in [0.5, 0.6) is 5.75 Å². The summed E-state index contributed by atoms with van der Waals surface area (Å²) in [5.74, 6) is 0.733. The van der Waals surface area contributed by atoms with Gasteiger partial charge in [-0.05, 0) is 12.1 Å². The van der Waals surface area contributed by atoms with Crippen LogP contribution in [0.1, 0.15) is 0 Å². The first-order valence-electron chi connectivity index (χ1n) is 5.28. The van der Waals surface area contributed by atoms with Crippen molar-refractivity contribution in [1.29, 1.82) is 0 Å². The molecule has 19 heavy (non-hydrogen) atoms.